The molecule has 500 valence electrons. The monoisotopic (exact) mass is 1400 g/mol. The van der Waals surface area contributed by atoms with E-state index >= 15 is 0 Å². The van der Waals surface area contributed by atoms with E-state index in [1.807, 2.05) is 0 Å². The molecule has 5 fully saturated rings. The fraction of sp³-hybridized carbons (Fsp3) is 0.967. The molecule has 0 aromatic carbocycles. The van der Waals surface area contributed by atoms with Crippen molar-refractivity contribution < 1.29 is 206 Å². The van der Waals surface area contributed by atoms with Crippen molar-refractivity contribution >= 4 is 78.5 Å². The highest BCUT2D eigenvalue weighted by Crippen LogP contribution is 2.37. The molecule has 55 heteroatoms. The highest BCUT2D eigenvalue weighted by molar-refractivity contribution is 7.84. The van der Waals surface area contributed by atoms with Gasteiger partial charge in [0, 0.05) is 0 Å². The van der Waals surface area contributed by atoms with Crippen LogP contribution in [0.5, 0.6) is 0 Å². The zero-order valence-corrected chi connectivity index (χ0v) is 46.9. The van der Waals surface area contributed by atoms with Gasteiger partial charge in [0.25, 0.3) is 0 Å². The Morgan fingerprint density at radius 2 is 0.753 bits per heavy atom. The van der Waals surface area contributed by atoms with Crippen LogP contribution in [0.2, 0.25) is 0 Å². The van der Waals surface area contributed by atoms with Gasteiger partial charge in [-0.1, -0.05) is 0 Å². The fourth-order valence-electron chi connectivity index (χ4n) is 8.60. The van der Waals surface area contributed by atoms with Crippen LogP contribution in [0.3, 0.4) is 0 Å². The number of carboxylic acids is 1. The number of nitrogens with one attached hydrogen (secondary N) is 3. The minimum atomic E-state index is -5.99. The van der Waals surface area contributed by atoms with Crippen LogP contribution >= 0.6 is 0 Å². The summed E-state index contributed by atoms with van der Waals surface area (Å²) in [6.45, 7) is -6.27. The smallest absolute Gasteiger partial charge is 0.397 e. The first-order valence-electron chi connectivity index (χ1n) is 22.5. The second-order valence-electron chi connectivity index (χ2n) is 18.0. The molecule has 0 aromatic heterocycles. The predicted octanol–water partition coefficient (Wildman–Crippen LogP) is -14.3. The summed E-state index contributed by atoms with van der Waals surface area (Å²) in [5, 5.41) is 109. The van der Waals surface area contributed by atoms with Crippen LogP contribution in [0.1, 0.15) is 0 Å². The van der Waals surface area contributed by atoms with Crippen molar-refractivity contribution in [1.82, 2.24) is 14.2 Å². The Morgan fingerprint density at radius 1 is 0.376 bits per heavy atom. The van der Waals surface area contributed by atoms with Crippen LogP contribution in [-0.4, -0.2) is 328 Å². The van der Waals surface area contributed by atoms with Crippen LogP contribution in [-0.2, 0) is 137 Å². The lowest BCUT2D eigenvalue weighted by atomic mass is 9.94. The number of aliphatic carboxylic acids is 1. The molecule has 0 bridgehead atoms. The number of aliphatic hydroxyl groups excluding tert-OH is 9. The minimum absolute atomic E-state index is 1.27. The number of aliphatic hydroxyl groups is 9. The first-order valence-corrected chi connectivity index (χ1v) is 32.3. The van der Waals surface area contributed by atoms with E-state index in [4.69, 9.17) is 51.7 Å². The molecule has 5 heterocycles. The quantitative estimate of drug-likeness (QED) is 0.0340. The molecule has 5 rings (SSSR count). The van der Waals surface area contributed by atoms with Gasteiger partial charge in [-0.25, -0.2) is 21.5 Å². The van der Waals surface area contributed by atoms with Gasteiger partial charge in [-0.05, 0) is 0 Å². The molecular formula is C30H53N3O45S7. The zero-order valence-electron chi connectivity index (χ0n) is 41.2. The largest absolute Gasteiger partial charge is 0.479 e. The van der Waals surface area contributed by atoms with E-state index in [0.29, 0.717) is 0 Å². The summed E-state index contributed by atoms with van der Waals surface area (Å²) in [6.07, 6.45) is -58.8. The van der Waals surface area contributed by atoms with Crippen molar-refractivity contribution in [3.05, 3.63) is 0 Å². The maximum absolute atomic E-state index is 12.7. The molecule has 5 aliphatic rings. The summed E-state index contributed by atoms with van der Waals surface area (Å²) < 4.78 is 300. The second-order valence-corrected chi connectivity index (χ2v) is 25.8. The molecule has 1 unspecified atom stereocenters. The van der Waals surface area contributed by atoms with Gasteiger partial charge in [0.2, 0.25) is 0 Å². The maximum atomic E-state index is 12.7. The van der Waals surface area contributed by atoms with Crippen LogP contribution in [0.15, 0.2) is 0 Å². The number of carbonyl (C=O) groups is 1. The van der Waals surface area contributed by atoms with E-state index in [-0.39, 0.29) is 0 Å². The van der Waals surface area contributed by atoms with E-state index in [1.165, 1.54) is 14.2 Å². The Balaban J connectivity index is 1.49. The third kappa shape index (κ3) is 20.9. The maximum Gasteiger partial charge on any atom is 0.397 e. The Labute approximate surface area is 476 Å². The number of rotatable bonds is 27. The van der Waals surface area contributed by atoms with Gasteiger partial charge in [0.1, 0.15) is 110 Å². The molecule has 5 saturated heterocycles. The third-order valence-electron chi connectivity index (χ3n) is 12.0. The number of hydrogen-bond donors (Lipinski definition) is 20. The van der Waals surface area contributed by atoms with Gasteiger partial charge in [0.05, 0.1) is 26.4 Å². The highest BCUT2D eigenvalue weighted by Gasteiger charge is 2.59. The van der Waals surface area contributed by atoms with Crippen molar-refractivity contribution in [2.75, 3.05) is 26.4 Å². The molecule has 20 N–H and O–H groups in total. The minimum Gasteiger partial charge on any atom is -0.479 e. The van der Waals surface area contributed by atoms with Crippen LogP contribution in [0, 0.1) is 0 Å². The number of ether oxygens (including phenoxy) is 9. The molecule has 25 atom stereocenters. The normalized spacial score (nSPS) is 40.4. The molecule has 0 saturated carbocycles. The Hall–Kier alpha value is -2.16. The van der Waals surface area contributed by atoms with Gasteiger partial charge in [-0.2, -0.15) is 73.1 Å². The summed E-state index contributed by atoms with van der Waals surface area (Å²) in [6, 6.07) is -7.75. The van der Waals surface area contributed by atoms with Gasteiger partial charge in [-0.3, -0.25) is 31.9 Å². The first-order chi connectivity index (χ1) is 38.6. The number of hydrogen-bond acceptors (Lipinski definition) is 37. The van der Waals surface area contributed by atoms with E-state index < -0.39 is 258 Å². The van der Waals surface area contributed by atoms with E-state index in [1.54, 1.807) is 0 Å². The Bertz CT molecular complexity index is 3100. The molecule has 0 amide bonds. The van der Waals surface area contributed by atoms with Gasteiger partial charge < -0.3 is 93.7 Å². The summed E-state index contributed by atoms with van der Waals surface area (Å²) >= 11 is 0. The topological polar surface area (TPSA) is 756 Å². The van der Waals surface area contributed by atoms with Crippen LogP contribution in [0.4, 0.5) is 0 Å². The average molecular weight is 1400 g/mol. The van der Waals surface area contributed by atoms with Crippen LogP contribution in [0.25, 0.3) is 0 Å². The summed E-state index contributed by atoms with van der Waals surface area (Å²) in [5.41, 5.74) is 0. The molecule has 0 aliphatic carbocycles. The third-order valence-corrected chi connectivity index (χ3v) is 15.5. The van der Waals surface area contributed by atoms with Crippen molar-refractivity contribution in [1.29, 1.82) is 0 Å². The molecule has 48 nitrogen and oxygen atoms in total. The van der Waals surface area contributed by atoms with Crippen molar-refractivity contribution in [2.24, 2.45) is 0 Å². The predicted molar refractivity (Wildman–Crippen MR) is 246 cm³/mol. The average Bonchev–Trinajstić information content (AvgIpc) is 1.05. The van der Waals surface area contributed by atoms with E-state index in [2.05, 4.69) is 16.7 Å². The van der Waals surface area contributed by atoms with Crippen molar-refractivity contribution in [3.63, 3.8) is 0 Å². The summed E-state index contributed by atoms with van der Waals surface area (Å²) in [4.78, 5) is 12.7. The van der Waals surface area contributed by atoms with E-state index in [0.717, 1.165) is 0 Å². The molecule has 5 aliphatic heterocycles. The standard InChI is InChI=1S/C30H53N3O45S7/c34-1-5-19(18(41)23(78-85(63,64)65)30(70-5)75-20-7(3-67-83(57,58)59)69-26(44)9(14(20)37)31-79(45,46)47)73-28-11(33-81(51,52)53)15(38)21(8(72-28)4-68-84(60,61)62)74-29-17(40)16(39)22(24(77-29)25(42)43)76-27-10(32-80(48,49)50)13(36)12(35)6(71-27)2-66-82(54,55)56/h5-24,26-41,44H,1-4H2,(H,42,43)(H,45,46,47)(H,48,49,50)(H,51,52,53)(H,54,55,56)(H,57,58,59)(H,60,61,62)(H,63,64,65)/t5-,6+,7+,8+,9+,10+,11+,12+,13+,14+,15+,16+,17+,18-,19+,20+,21+,22-,23+,24-,26?,27+,28+,29+,30-/m0/s1. The molecule has 0 radical (unpaired) electrons. The van der Waals surface area contributed by atoms with Crippen LogP contribution < -0.4 is 14.2 Å². The molecule has 85 heavy (non-hydrogen) atoms. The fourth-order valence-corrected chi connectivity index (χ4v) is 11.8. The van der Waals surface area contributed by atoms with Crippen molar-refractivity contribution in [3.8, 4) is 0 Å². The lowest BCUT2D eigenvalue weighted by Crippen LogP contribution is -2.70. The van der Waals surface area contributed by atoms with E-state index in [9.17, 15) is 138 Å². The SMILES string of the molecule is O=C(O)[C@H]1O[C@@H](O[C@H]2[C@H](O)[C@@H](NS(=O)(=O)O)[C@@H](O[C@H]3[C@H](O)[C@@H](OS(=O)(=O)O)[C@H](O[C@H]4[C@H](O)[C@@H](NS(=O)(=O)O)C(O)O[C@@H]4COS(=O)(=O)O)O[C@H]3CO)O[C@@H]2COS(=O)(=O)O)[C@H](O)[C@@H](O)[C@@H]1O[C@H]1O[C@H](COS(=O)(=O)O)[C@@H](O)[C@H](O)[C@H]1NS(=O)(=O)O. The first kappa shape index (κ1) is 73.6. The lowest BCUT2D eigenvalue weighted by molar-refractivity contribution is -0.376. The molecular weight excluding hydrogens is 1350 g/mol. The van der Waals surface area contributed by atoms with Gasteiger partial charge >= 0.3 is 78.5 Å². The zero-order chi connectivity index (χ0) is 64.7. The number of carboxylic acid groups (broad SMARTS) is 1. The molecule has 0 spiro atoms. The highest BCUT2D eigenvalue weighted by atomic mass is 32.3. The Kier molecular flexibility index (Phi) is 24.4. The van der Waals surface area contributed by atoms with Crippen molar-refractivity contribution in [2.45, 2.75) is 153 Å². The van der Waals surface area contributed by atoms with Gasteiger partial charge in [0.15, 0.2) is 43.7 Å². The Morgan fingerprint density at radius 3 is 1.20 bits per heavy atom. The lowest BCUT2D eigenvalue weighted by Gasteiger charge is -2.50. The second kappa shape index (κ2) is 28.1. The van der Waals surface area contributed by atoms with Gasteiger partial charge in [-0.15, -0.1) is 0 Å². The summed E-state index contributed by atoms with van der Waals surface area (Å²) in [7, 11) is -39.3. The molecule has 0 aromatic rings. The summed E-state index contributed by atoms with van der Waals surface area (Å²) in [5.74, 6) is -2.28.